The van der Waals surface area contributed by atoms with Crippen LogP contribution in [0.2, 0.25) is 5.02 Å². The van der Waals surface area contributed by atoms with Crippen LogP contribution in [0.15, 0.2) is 12.3 Å². The largest absolute Gasteiger partial charge is 0.397 e. The molecule has 0 aromatic carbocycles. The van der Waals surface area contributed by atoms with E-state index in [0.717, 1.165) is 6.54 Å². The summed E-state index contributed by atoms with van der Waals surface area (Å²) in [4.78, 5) is 4.14. The normalized spacial score (nSPS) is 11.5. The average molecular weight is 246 g/mol. The van der Waals surface area contributed by atoms with Gasteiger partial charge in [0.2, 0.25) is 0 Å². The molecule has 15 heavy (non-hydrogen) atoms. The first-order valence-electron chi connectivity index (χ1n) is 4.64. The SMILES string of the molecule is CSC(C)(C)CNc1ncc(N)cc1Cl. The van der Waals surface area contributed by atoms with Gasteiger partial charge in [-0.3, -0.25) is 0 Å². The maximum Gasteiger partial charge on any atom is 0.144 e. The molecule has 84 valence electrons. The predicted molar refractivity (Wildman–Crippen MR) is 69.7 cm³/mol. The molecule has 0 bridgehead atoms. The molecule has 1 aromatic rings. The van der Waals surface area contributed by atoms with E-state index in [-0.39, 0.29) is 4.75 Å². The molecule has 0 saturated heterocycles. The maximum absolute atomic E-state index is 5.99. The first kappa shape index (κ1) is 12.5. The minimum atomic E-state index is 0.159. The highest BCUT2D eigenvalue weighted by Gasteiger charge is 2.16. The number of halogens is 1. The zero-order valence-corrected chi connectivity index (χ0v) is 10.7. The summed E-state index contributed by atoms with van der Waals surface area (Å²) in [6.45, 7) is 5.14. The number of nitrogens with zero attached hydrogens (tertiary/aromatic N) is 1. The van der Waals surface area contributed by atoms with E-state index in [1.165, 1.54) is 0 Å². The monoisotopic (exact) mass is 245 g/mol. The number of pyridine rings is 1. The van der Waals surface area contributed by atoms with Crippen molar-refractivity contribution in [1.82, 2.24) is 4.98 Å². The number of hydrogen-bond donors (Lipinski definition) is 2. The van der Waals surface area contributed by atoms with Crippen LogP contribution in [0.4, 0.5) is 11.5 Å². The van der Waals surface area contributed by atoms with Crippen LogP contribution in [0.3, 0.4) is 0 Å². The highest BCUT2D eigenvalue weighted by molar-refractivity contribution is 7.99. The Bertz CT molecular complexity index is 341. The molecule has 1 rings (SSSR count). The van der Waals surface area contributed by atoms with Gasteiger partial charge in [-0.25, -0.2) is 4.98 Å². The summed E-state index contributed by atoms with van der Waals surface area (Å²) < 4.78 is 0.159. The van der Waals surface area contributed by atoms with Crippen LogP contribution in [0.25, 0.3) is 0 Å². The summed E-state index contributed by atoms with van der Waals surface area (Å²) in [5, 5.41) is 3.77. The summed E-state index contributed by atoms with van der Waals surface area (Å²) in [7, 11) is 0. The Hall–Kier alpha value is -0.610. The predicted octanol–water partition coefficient (Wildman–Crippen LogP) is 2.87. The smallest absolute Gasteiger partial charge is 0.144 e. The molecule has 1 heterocycles. The molecule has 0 unspecified atom stereocenters. The Balaban J connectivity index is 2.66. The van der Waals surface area contributed by atoms with Crippen LogP contribution in [0, 0.1) is 0 Å². The lowest BCUT2D eigenvalue weighted by molar-refractivity contribution is 0.750. The van der Waals surface area contributed by atoms with Crippen LogP contribution in [0.5, 0.6) is 0 Å². The molecular weight excluding hydrogens is 230 g/mol. The highest BCUT2D eigenvalue weighted by atomic mass is 35.5. The van der Waals surface area contributed by atoms with Gasteiger partial charge in [0.1, 0.15) is 5.82 Å². The number of aromatic nitrogens is 1. The van der Waals surface area contributed by atoms with Crippen molar-refractivity contribution in [1.29, 1.82) is 0 Å². The second kappa shape index (κ2) is 4.94. The van der Waals surface area contributed by atoms with Crippen molar-refractivity contribution < 1.29 is 0 Å². The number of nitrogens with two attached hydrogens (primary N) is 1. The lowest BCUT2D eigenvalue weighted by atomic mass is 10.2. The van der Waals surface area contributed by atoms with E-state index in [1.807, 2.05) is 0 Å². The lowest BCUT2D eigenvalue weighted by Gasteiger charge is -2.22. The van der Waals surface area contributed by atoms with E-state index in [4.69, 9.17) is 17.3 Å². The second-order valence-electron chi connectivity index (χ2n) is 3.92. The van der Waals surface area contributed by atoms with Crippen LogP contribution in [-0.4, -0.2) is 22.5 Å². The first-order chi connectivity index (χ1) is 6.94. The van der Waals surface area contributed by atoms with Gasteiger partial charge in [-0.2, -0.15) is 11.8 Å². The molecule has 3 N–H and O–H groups in total. The lowest BCUT2D eigenvalue weighted by Crippen LogP contribution is -2.26. The second-order valence-corrected chi connectivity index (χ2v) is 5.84. The quantitative estimate of drug-likeness (QED) is 0.857. The van der Waals surface area contributed by atoms with E-state index >= 15 is 0 Å². The molecule has 0 aliphatic carbocycles. The Morgan fingerprint density at radius 3 is 2.80 bits per heavy atom. The Morgan fingerprint density at radius 1 is 1.60 bits per heavy atom. The van der Waals surface area contributed by atoms with Gasteiger partial charge >= 0.3 is 0 Å². The van der Waals surface area contributed by atoms with Gasteiger partial charge in [0.15, 0.2) is 0 Å². The zero-order chi connectivity index (χ0) is 11.5. The molecule has 3 nitrogen and oxygen atoms in total. The molecule has 1 aromatic heterocycles. The summed E-state index contributed by atoms with van der Waals surface area (Å²) >= 11 is 7.79. The molecule has 0 atom stereocenters. The van der Waals surface area contributed by atoms with Gasteiger partial charge < -0.3 is 11.1 Å². The van der Waals surface area contributed by atoms with Crippen LogP contribution in [0.1, 0.15) is 13.8 Å². The third-order valence-electron chi connectivity index (χ3n) is 2.10. The van der Waals surface area contributed by atoms with Crippen molar-refractivity contribution in [3.05, 3.63) is 17.3 Å². The van der Waals surface area contributed by atoms with Gasteiger partial charge in [-0.05, 0) is 26.2 Å². The topological polar surface area (TPSA) is 50.9 Å². The van der Waals surface area contributed by atoms with Crippen molar-refractivity contribution in [2.75, 3.05) is 23.9 Å². The van der Waals surface area contributed by atoms with Gasteiger partial charge in [0, 0.05) is 11.3 Å². The number of rotatable bonds is 4. The summed E-state index contributed by atoms with van der Waals surface area (Å²) in [6, 6.07) is 1.70. The molecule has 5 heteroatoms. The fourth-order valence-electron chi connectivity index (χ4n) is 0.952. The molecule has 0 aliphatic rings. The van der Waals surface area contributed by atoms with Crippen LogP contribution >= 0.6 is 23.4 Å². The number of nitrogen functional groups attached to an aromatic ring is 1. The minimum absolute atomic E-state index is 0.159. The van der Waals surface area contributed by atoms with Crippen molar-refractivity contribution >= 4 is 34.9 Å². The van der Waals surface area contributed by atoms with E-state index in [2.05, 4.69) is 30.4 Å². The number of hydrogen-bond acceptors (Lipinski definition) is 4. The molecule has 0 spiro atoms. The van der Waals surface area contributed by atoms with E-state index in [9.17, 15) is 0 Å². The number of nitrogens with one attached hydrogen (secondary N) is 1. The van der Waals surface area contributed by atoms with Gasteiger partial charge in [-0.15, -0.1) is 0 Å². The Kier molecular flexibility index (Phi) is 4.11. The zero-order valence-electron chi connectivity index (χ0n) is 9.17. The Morgan fingerprint density at radius 2 is 2.27 bits per heavy atom. The third-order valence-corrected chi connectivity index (χ3v) is 3.63. The van der Waals surface area contributed by atoms with Gasteiger partial charge in [-0.1, -0.05) is 11.6 Å². The first-order valence-corrected chi connectivity index (χ1v) is 6.25. The third kappa shape index (κ3) is 3.80. The van der Waals surface area contributed by atoms with Gasteiger partial charge in [0.05, 0.1) is 16.9 Å². The minimum Gasteiger partial charge on any atom is -0.397 e. The molecule has 0 saturated carbocycles. The standard InChI is InChI=1S/C10H16ClN3S/c1-10(2,15-3)6-14-9-8(11)4-7(12)5-13-9/h4-5H,6,12H2,1-3H3,(H,13,14). The van der Waals surface area contributed by atoms with E-state index < -0.39 is 0 Å². The Labute approximate surface area is 99.8 Å². The van der Waals surface area contributed by atoms with Crippen LogP contribution < -0.4 is 11.1 Å². The van der Waals surface area contributed by atoms with Crippen LogP contribution in [-0.2, 0) is 0 Å². The summed E-state index contributed by atoms with van der Waals surface area (Å²) in [5.41, 5.74) is 6.14. The van der Waals surface area contributed by atoms with Gasteiger partial charge in [0.25, 0.3) is 0 Å². The maximum atomic E-state index is 5.99. The summed E-state index contributed by atoms with van der Waals surface area (Å²) in [5.74, 6) is 0.688. The molecular formula is C10H16ClN3S. The van der Waals surface area contributed by atoms with E-state index in [1.54, 1.807) is 24.0 Å². The molecule has 0 fully saturated rings. The van der Waals surface area contributed by atoms with E-state index in [0.29, 0.717) is 16.5 Å². The highest BCUT2D eigenvalue weighted by Crippen LogP contribution is 2.25. The van der Waals surface area contributed by atoms with Crippen molar-refractivity contribution in [3.63, 3.8) is 0 Å². The fourth-order valence-corrected chi connectivity index (χ4v) is 1.41. The average Bonchev–Trinajstić information content (AvgIpc) is 2.16. The van der Waals surface area contributed by atoms with Crippen molar-refractivity contribution in [3.8, 4) is 0 Å². The number of thioether (sulfide) groups is 1. The molecule has 0 aliphatic heterocycles. The fraction of sp³-hybridized carbons (Fsp3) is 0.500. The summed E-state index contributed by atoms with van der Waals surface area (Å²) in [6.07, 6.45) is 3.68. The van der Waals surface area contributed by atoms with Crippen molar-refractivity contribution in [2.24, 2.45) is 0 Å². The molecule has 0 amide bonds. The van der Waals surface area contributed by atoms with Crippen molar-refractivity contribution in [2.45, 2.75) is 18.6 Å². The number of anilines is 2. The molecule has 0 radical (unpaired) electrons.